The lowest BCUT2D eigenvalue weighted by molar-refractivity contribution is 0.0162. The third kappa shape index (κ3) is 3.64. The molecule has 2 aromatic carbocycles. The van der Waals surface area contributed by atoms with Crippen LogP contribution in [0, 0.1) is 17.1 Å². The van der Waals surface area contributed by atoms with Crippen molar-refractivity contribution in [1.82, 2.24) is 10.2 Å². The van der Waals surface area contributed by atoms with E-state index >= 15 is 0 Å². The van der Waals surface area contributed by atoms with Crippen LogP contribution in [0.5, 0.6) is 0 Å². The number of carbonyl (C=O) groups excluding carboxylic acids is 1. The van der Waals surface area contributed by atoms with E-state index in [0.717, 1.165) is 16.7 Å². The van der Waals surface area contributed by atoms with Crippen molar-refractivity contribution >= 4 is 6.03 Å². The Morgan fingerprint density at radius 2 is 1.74 bits per heavy atom. The third-order valence-electron chi connectivity index (χ3n) is 4.85. The number of likely N-dealkylation sites (tertiary alicyclic amines) is 1. The fourth-order valence-electron chi connectivity index (χ4n) is 3.55. The minimum Gasteiger partial charge on any atom is -0.394 e. The molecule has 2 aromatic rings. The molecule has 1 fully saturated rings. The van der Waals surface area contributed by atoms with E-state index in [1.54, 1.807) is 12.1 Å². The number of rotatable bonds is 4. The lowest BCUT2D eigenvalue weighted by Crippen LogP contribution is -2.67. The molecular weight excluding hydrogens is 345 g/mol. The summed E-state index contributed by atoms with van der Waals surface area (Å²) in [6.45, 7) is 3.48. The Balaban J connectivity index is 1.82. The van der Waals surface area contributed by atoms with E-state index < -0.39 is 12.1 Å². The average molecular weight is 367 g/mol. The van der Waals surface area contributed by atoms with Crippen LogP contribution in [-0.2, 0) is 0 Å². The summed E-state index contributed by atoms with van der Waals surface area (Å²) in [6, 6.07) is 14.6. The number of hydrogen-bond donors (Lipinski definition) is 2. The minimum absolute atomic E-state index is 0.0507. The van der Waals surface area contributed by atoms with Crippen molar-refractivity contribution in [2.45, 2.75) is 37.9 Å². The molecule has 1 aliphatic heterocycles. The van der Waals surface area contributed by atoms with Crippen molar-refractivity contribution in [3.8, 4) is 17.2 Å². The second-order valence-electron chi connectivity index (χ2n) is 6.99. The second kappa shape index (κ2) is 7.77. The normalized spacial score (nSPS) is 21.5. The van der Waals surface area contributed by atoms with E-state index in [1.165, 1.54) is 17.0 Å². The van der Waals surface area contributed by atoms with Crippen molar-refractivity contribution in [2.24, 2.45) is 0 Å². The quantitative estimate of drug-likeness (QED) is 0.871. The van der Waals surface area contributed by atoms with Gasteiger partial charge in [0.1, 0.15) is 11.9 Å². The summed E-state index contributed by atoms with van der Waals surface area (Å²) in [7, 11) is 0. The molecule has 0 saturated carbocycles. The van der Waals surface area contributed by atoms with Crippen molar-refractivity contribution in [3.05, 3.63) is 59.9 Å². The Hall–Kier alpha value is -2.91. The summed E-state index contributed by atoms with van der Waals surface area (Å²) >= 11 is 0. The number of benzene rings is 2. The number of hydrogen-bond acceptors (Lipinski definition) is 3. The molecule has 3 atom stereocenters. The lowest BCUT2D eigenvalue weighted by atomic mass is 9.75. The molecular formula is C21H22FN3O2. The van der Waals surface area contributed by atoms with Gasteiger partial charge in [-0.25, -0.2) is 9.18 Å². The SMILES string of the molecule is CC(C)NC(=O)N1[C@@H](C#N)[C@@H](c2ccc(-c3ccc(F)cc3)cc2)[C@@H]1CO. The summed E-state index contributed by atoms with van der Waals surface area (Å²) in [4.78, 5) is 13.8. The number of aliphatic hydroxyl groups is 1. The highest BCUT2D eigenvalue weighted by Crippen LogP contribution is 2.40. The standard InChI is InChI=1S/C21H22FN3O2/c1-13(2)24-21(27)25-18(11-23)20(19(25)12-26)16-5-3-14(4-6-16)15-7-9-17(22)10-8-15/h3-10,13,18-20,26H,12H2,1-2H3,(H,24,27)/t18-,19-,20+/m0/s1. The first-order valence-electron chi connectivity index (χ1n) is 8.91. The number of carbonyl (C=O) groups is 1. The maximum atomic E-state index is 13.1. The van der Waals surface area contributed by atoms with Crippen LogP contribution in [0.25, 0.3) is 11.1 Å². The highest BCUT2D eigenvalue weighted by atomic mass is 19.1. The van der Waals surface area contributed by atoms with Gasteiger partial charge in [0.15, 0.2) is 0 Å². The van der Waals surface area contributed by atoms with Gasteiger partial charge in [0.25, 0.3) is 0 Å². The van der Waals surface area contributed by atoms with Gasteiger partial charge in [0.2, 0.25) is 0 Å². The smallest absolute Gasteiger partial charge is 0.319 e. The first kappa shape index (κ1) is 18.9. The molecule has 0 bridgehead atoms. The third-order valence-corrected chi connectivity index (χ3v) is 4.85. The number of halogens is 1. The molecule has 3 rings (SSSR count). The average Bonchev–Trinajstić information content (AvgIpc) is 2.62. The van der Waals surface area contributed by atoms with Crippen LogP contribution in [-0.4, -0.2) is 40.8 Å². The second-order valence-corrected chi connectivity index (χ2v) is 6.99. The fourth-order valence-corrected chi connectivity index (χ4v) is 3.55. The maximum Gasteiger partial charge on any atom is 0.319 e. The van der Waals surface area contributed by atoms with Crippen LogP contribution in [0.2, 0.25) is 0 Å². The number of urea groups is 1. The molecule has 140 valence electrons. The molecule has 2 N–H and O–H groups in total. The summed E-state index contributed by atoms with van der Waals surface area (Å²) in [5, 5.41) is 22.1. The fraction of sp³-hybridized carbons (Fsp3) is 0.333. The minimum atomic E-state index is -0.627. The largest absolute Gasteiger partial charge is 0.394 e. The molecule has 0 radical (unpaired) electrons. The van der Waals surface area contributed by atoms with Gasteiger partial charge in [-0.15, -0.1) is 0 Å². The lowest BCUT2D eigenvalue weighted by Gasteiger charge is -2.51. The first-order valence-corrected chi connectivity index (χ1v) is 8.91. The number of nitrogens with zero attached hydrogens (tertiary/aromatic N) is 2. The van der Waals surface area contributed by atoms with Crippen molar-refractivity contribution in [3.63, 3.8) is 0 Å². The summed E-state index contributed by atoms with van der Waals surface area (Å²) in [6.07, 6.45) is 0. The molecule has 0 aromatic heterocycles. The van der Waals surface area contributed by atoms with E-state index in [0.29, 0.717) is 0 Å². The molecule has 0 spiro atoms. The van der Waals surface area contributed by atoms with Crippen LogP contribution in [0.3, 0.4) is 0 Å². The first-order chi connectivity index (χ1) is 13.0. The zero-order chi connectivity index (χ0) is 19.6. The molecule has 1 saturated heterocycles. The summed E-state index contributed by atoms with van der Waals surface area (Å²) in [5.41, 5.74) is 2.71. The van der Waals surface area contributed by atoms with Crippen molar-refractivity contribution in [1.29, 1.82) is 5.26 Å². The number of amides is 2. The van der Waals surface area contributed by atoms with Gasteiger partial charge in [0.05, 0.1) is 18.7 Å². The van der Waals surface area contributed by atoms with Gasteiger partial charge < -0.3 is 15.3 Å². The Kier molecular flexibility index (Phi) is 5.43. The number of aliphatic hydroxyl groups excluding tert-OH is 1. The molecule has 27 heavy (non-hydrogen) atoms. The zero-order valence-corrected chi connectivity index (χ0v) is 15.3. The Morgan fingerprint density at radius 1 is 1.19 bits per heavy atom. The molecule has 0 unspecified atom stereocenters. The van der Waals surface area contributed by atoms with Gasteiger partial charge in [-0.3, -0.25) is 0 Å². The van der Waals surface area contributed by atoms with Crippen LogP contribution in [0.1, 0.15) is 25.3 Å². The number of nitriles is 1. The van der Waals surface area contributed by atoms with E-state index in [1.807, 2.05) is 38.1 Å². The van der Waals surface area contributed by atoms with Gasteiger partial charge in [-0.1, -0.05) is 36.4 Å². The van der Waals surface area contributed by atoms with Gasteiger partial charge in [0, 0.05) is 12.0 Å². The van der Waals surface area contributed by atoms with E-state index in [9.17, 15) is 19.6 Å². The maximum absolute atomic E-state index is 13.1. The molecule has 2 amide bonds. The Labute approximate surface area is 158 Å². The molecule has 5 nitrogen and oxygen atoms in total. The van der Waals surface area contributed by atoms with E-state index in [2.05, 4.69) is 11.4 Å². The monoisotopic (exact) mass is 367 g/mol. The van der Waals surface area contributed by atoms with Crippen LogP contribution < -0.4 is 5.32 Å². The summed E-state index contributed by atoms with van der Waals surface area (Å²) in [5.74, 6) is -0.535. The highest BCUT2D eigenvalue weighted by Gasteiger charge is 2.51. The van der Waals surface area contributed by atoms with Crippen LogP contribution in [0.4, 0.5) is 9.18 Å². The van der Waals surface area contributed by atoms with Crippen molar-refractivity contribution < 1.29 is 14.3 Å². The van der Waals surface area contributed by atoms with Crippen molar-refractivity contribution in [2.75, 3.05) is 6.61 Å². The van der Waals surface area contributed by atoms with Crippen LogP contribution in [0.15, 0.2) is 48.5 Å². The Bertz CT molecular complexity index is 843. The van der Waals surface area contributed by atoms with Gasteiger partial charge in [-0.2, -0.15) is 5.26 Å². The predicted molar refractivity (Wildman–Crippen MR) is 100 cm³/mol. The molecule has 1 aliphatic rings. The van der Waals surface area contributed by atoms with E-state index in [4.69, 9.17) is 0 Å². The van der Waals surface area contributed by atoms with Gasteiger partial charge >= 0.3 is 6.03 Å². The predicted octanol–water partition coefficient (Wildman–Crippen LogP) is 3.26. The van der Waals surface area contributed by atoms with Gasteiger partial charge in [-0.05, 0) is 42.7 Å². The Morgan fingerprint density at radius 3 is 2.22 bits per heavy atom. The topological polar surface area (TPSA) is 76.4 Å². The highest BCUT2D eigenvalue weighted by molar-refractivity contribution is 5.77. The van der Waals surface area contributed by atoms with E-state index in [-0.39, 0.29) is 30.4 Å². The molecule has 1 heterocycles. The number of nitrogens with one attached hydrogen (secondary N) is 1. The van der Waals surface area contributed by atoms with Crippen LogP contribution >= 0.6 is 0 Å². The molecule has 6 heteroatoms. The zero-order valence-electron chi connectivity index (χ0n) is 15.3. The summed E-state index contributed by atoms with van der Waals surface area (Å²) < 4.78 is 13.1. The molecule has 0 aliphatic carbocycles.